The Labute approximate surface area is 99.2 Å². The standard InChI is InChI=1S/C6H16O3SeSi.Ag/c1-5-6(10)11(7-2,8-3)9-4;/h6,10H,5H2,1-4H3;. The van der Waals surface area contributed by atoms with Gasteiger partial charge in [0.2, 0.25) is 0 Å². The van der Waals surface area contributed by atoms with E-state index in [2.05, 4.69) is 22.9 Å². The zero-order valence-corrected chi connectivity index (χ0v) is 12.1. The quantitative estimate of drug-likeness (QED) is 0.676. The molecule has 0 aromatic carbocycles. The molecule has 0 amide bonds. The minimum Gasteiger partial charge on any atom is 0 e. The van der Waals surface area contributed by atoms with E-state index in [-0.39, 0.29) is 22.4 Å². The largest absolute Gasteiger partial charge is 0 e. The van der Waals surface area contributed by atoms with Crippen molar-refractivity contribution in [2.75, 3.05) is 21.3 Å². The van der Waals surface area contributed by atoms with E-state index in [9.17, 15) is 0 Å². The zero-order chi connectivity index (χ0) is 8.91. The Hall–Kier alpha value is 1.36. The maximum Gasteiger partial charge on any atom is 0 e. The summed E-state index contributed by atoms with van der Waals surface area (Å²) in [6.45, 7) is 2.09. The molecule has 0 aromatic heterocycles. The van der Waals surface area contributed by atoms with Gasteiger partial charge in [-0.2, -0.15) is 0 Å². The van der Waals surface area contributed by atoms with Crippen molar-refractivity contribution in [2.45, 2.75) is 17.8 Å². The molecule has 1 atom stereocenters. The fraction of sp³-hybridized carbons (Fsp3) is 1.00. The fourth-order valence-corrected chi connectivity index (χ4v) is 4.71. The van der Waals surface area contributed by atoms with Gasteiger partial charge in [0.05, 0.1) is 0 Å². The Balaban J connectivity index is 0. The van der Waals surface area contributed by atoms with Gasteiger partial charge in [0.25, 0.3) is 0 Å². The molecule has 0 fully saturated rings. The Morgan fingerprint density at radius 1 is 1.17 bits per heavy atom. The summed E-state index contributed by atoms with van der Waals surface area (Å²) < 4.78 is 16.1. The van der Waals surface area contributed by atoms with Crippen LogP contribution in [0.1, 0.15) is 13.3 Å². The molecular weight excluding hydrogens is 335 g/mol. The van der Waals surface area contributed by atoms with E-state index in [1.54, 1.807) is 21.3 Å². The van der Waals surface area contributed by atoms with Gasteiger partial charge in [-0.3, -0.25) is 0 Å². The number of hydrogen-bond donors (Lipinski definition) is 0. The summed E-state index contributed by atoms with van der Waals surface area (Å²) in [5.74, 6) is 0. The minimum absolute atomic E-state index is 0. The van der Waals surface area contributed by atoms with Crippen molar-refractivity contribution >= 4 is 24.8 Å². The zero-order valence-electron chi connectivity index (χ0n) is 7.76. The Kier molecular flexibility index (Phi) is 10.2. The molecule has 0 aliphatic rings. The molecule has 3 nitrogen and oxygen atoms in total. The molecule has 0 heterocycles. The molecule has 0 bridgehead atoms. The van der Waals surface area contributed by atoms with Crippen LogP contribution in [0.3, 0.4) is 0 Å². The smallest absolute Gasteiger partial charge is 0 e. The summed E-state index contributed by atoms with van der Waals surface area (Å²) in [4.78, 5) is 0. The van der Waals surface area contributed by atoms with Crippen LogP contribution in [-0.2, 0) is 35.7 Å². The van der Waals surface area contributed by atoms with E-state index >= 15 is 0 Å². The fourth-order valence-electron chi connectivity index (χ4n) is 0.908. The molecule has 0 rings (SSSR count). The van der Waals surface area contributed by atoms with Gasteiger partial charge in [0.15, 0.2) is 0 Å². The van der Waals surface area contributed by atoms with Crippen LogP contribution >= 0.6 is 0 Å². The molecule has 79 valence electrons. The second kappa shape index (κ2) is 7.73. The van der Waals surface area contributed by atoms with Crippen molar-refractivity contribution in [3.05, 3.63) is 0 Å². The Morgan fingerprint density at radius 2 is 1.50 bits per heavy atom. The van der Waals surface area contributed by atoms with Crippen molar-refractivity contribution < 1.29 is 35.7 Å². The summed E-state index contributed by atoms with van der Waals surface area (Å²) in [6, 6.07) is 0. The average Bonchev–Trinajstić information content (AvgIpc) is 2.08. The van der Waals surface area contributed by atoms with Crippen LogP contribution in [0.4, 0.5) is 0 Å². The first-order valence-corrected chi connectivity index (χ1v) is 6.38. The molecule has 0 N–H and O–H groups in total. The van der Waals surface area contributed by atoms with E-state index in [4.69, 9.17) is 13.3 Å². The van der Waals surface area contributed by atoms with Crippen molar-refractivity contribution in [2.24, 2.45) is 0 Å². The molecule has 0 aliphatic carbocycles. The van der Waals surface area contributed by atoms with Gasteiger partial charge in [-0.15, -0.1) is 0 Å². The van der Waals surface area contributed by atoms with Crippen molar-refractivity contribution in [1.29, 1.82) is 0 Å². The summed E-state index contributed by atoms with van der Waals surface area (Å²) in [5.41, 5.74) is 0. The molecule has 0 spiro atoms. The van der Waals surface area contributed by atoms with Gasteiger partial charge >= 0.3 is 77.2 Å². The average molecular weight is 351 g/mol. The van der Waals surface area contributed by atoms with Gasteiger partial charge in [0.1, 0.15) is 0 Å². The van der Waals surface area contributed by atoms with Crippen molar-refractivity contribution in [3.8, 4) is 0 Å². The maximum atomic E-state index is 5.27. The second-order valence-corrected chi connectivity index (χ2v) is 7.63. The summed E-state index contributed by atoms with van der Waals surface area (Å²) in [6.07, 6.45) is 0.988. The maximum absolute atomic E-state index is 5.27. The molecule has 0 aromatic rings. The van der Waals surface area contributed by atoms with Crippen LogP contribution in [0.2, 0.25) is 4.44 Å². The molecule has 1 unspecified atom stereocenters. The monoisotopic (exact) mass is 351 g/mol. The van der Waals surface area contributed by atoms with Gasteiger partial charge < -0.3 is 0 Å². The minimum atomic E-state index is -2.35. The normalized spacial score (nSPS) is 13.8. The van der Waals surface area contributed by atoms with Crippen molar-refractivity contribution in [3.63, 3.8) is 0 Å². The molecular formula is C6H16AgO3SeSi. The van der Waals surface area contributed by atoms with Crippen molar-refractivity contribution in [1.82, 2.24) is 0 Å². The van der Waals surface area contributed by atoms with Crippen LogP contribution in [0.25, 0.3) is 0 Å². The predicted octanol–water partition coefficient (Wildman–Crippen LogP) is 0.500. The molecule has 0 saturated heterocycles. The molecule has 12 heavy (non-hydrogen) atoms. The molecule has 0 aliphatic heterocycles. The summed E-state index contributed by atoms with van der Waals surface area (Å²) in [7, 11) is 2.55. The third kappa shape index (κ3) is 3.61. The SMILES string of the molecule is CCC([SeH])[Si](OC)(OC)OC.[Ag]. The van der Waals surface area contributed by atoms with Crippen LogP contribution in [-0.4, -0.2) is 46.1 Å². The molecule has 0 saturated carbocycles. The van der Waals surface area contributed by atoms with Gasteiger partial charge in [-0.1, -0.05) is 0 Å². The van der Waals surface area contributed by atoms with E-state index < -0.39 is 8.80 Å². The van der Waals surface area contributed by atoms with E-state index in [1.807, 2.05) is 0 Å². The first-order chi connectivity index (χ1) is 5.16. The van der Waals surface area contributed by atoms with Crippen LogP contribution < -0.4 is 0 Å². The van der Waals surface area contributed by atoms with Gasteiger partial charge in [-0.25, -0.2) is 0 Å². The summed E-state index contributed by atoms with van der Waals surface area (Å²) >= 11 is 2.55. The van der Waals surface area contributed by atoms with Gasteiger partial charge in [-0.05, 0) is 0 Å². The first-order valence-electron chi connectivity index (χ1n) is 3.50. The Bertz CT molecular complexity index is 105. The predicted molar refractivity (Wildman–Crippen MR) is 48.0 cm³/mol. The first kappa shape index (κ1) is 15.8. The van der Waals surface area contributed by atoms with Crippen LogP contribution in [0.5, 0.6) is 0 Å². The number of hydrogen-bond acceptors (Lipinski definition) is 3. The van der Waals surface area contributed by atoms with E-state index in [1.165, 1.54) is 0 Å². The number of rotatable bonds is 5. The van der Waals surface area contributed by atoms with E-state index in [0.29, 0.717) is 4.44 Å². The van der Waals surface area contributed by atoms with Crippen LogP contribution in [0, 0.1) is 0 Å². The third-order valence-electron chi connectivity index (χ3n) is 1.65. The van der Waals surface area contributed by atoms with Gasteiger partial charge in [0, 0.05) is 22.4 Å². The third-order valence-corrected chi connectivity index (χ3v) is 7.34. The molecule has 1 radical (unpaired) electrons. The second-order valence-electron chi connectivity index (χ2n) is 2.14. The summed E-state index contributed by atoms with van der Waals surface area (Å²) in [5, 5.41) is 0. The van der Waals surface area contributed by atoms with Crippen LogP contribution in [0.15, 0.2) is 0 Å². The topological polar surface area (TPSA) is 27.7 Å². The molecule has 6 heteroatoms. The van der Waals surface area contributed by atoms with E-state index in [0.717, 1.165) is 6.42 Å². The Morgan fingerprint density at radius 3 is 1.58 bits per heavy atom.